The van der Waals surface area contributed by atoms with Crippen LogP contribution in [-0.2, 0) is 13.0 Å². The van der Waals surface area contributed by atoms with E-state index in [0.717, 1.165) is 29.7 Å². The van der Waals surface area contributed by atoms with E-state index in [2.05, 4.69) is 39.0 Å². The lowest BCUT2D eigenvalue weighted by atomic mass is 9.86. The molecule has 0 aliphatic rings. The zero-order valence-electron chi connectivity index (χ0n) is 13.8. The first kappa shape index (κ1) is 16.6. The molecule has 0 bridgehead atoms. The van der Waals surface area contributed by atoms with Crippen molar-refractivity contribution < 1.29 is 9.84 Å². The molecule has 0 aliphatic heterocycles. The van der Waals surface area contributed by atoms with Gasteiger partial charge in [-0.25, -0.2) is 0 Å². The number of aryl methyl sites for hydroxylation is 1. The van der Waals surface area contributed by atoms with E-state index in [1.54, 1.807) is 0 Å². The van der Waals surface area contributed by atoms with Crippen molar-refractivity contribution in [1.29, 1.82) is 0 Å². The van der Waals surface area contributed by atoms with Crippen LogP contribution in [0.25, 0.3) is 0 Å². The fraction of sp³-hybridized carbons (Fsp3) is 0.400. The number of hydrogen-bond donors (Lipinski definition) is 1. The summed E-state index contributed by atoms with van der Waals surface area (Å²) in [4.78, 5) is 0. The minimum absolute atomic E-state index is 0.0835. The minimum Gasteiger partial charge on any atom is -0.489 e. The molecule has 0 amide bonds. The van der Waals surface area contributed by atoms with Crippen molar-refractivity contribution in [2.75, 3.05) is 0 Å². The highest BCUT2D eigenvalue weighted by Gasteiger charge is 2.22. The molecule has 2 nitrogen and oxygen atoms in total. The smallest absolute Gasteiger partial charge is 0.122 e. The van der Waals surface area contributed by atoms with Gasteiger partial charge in [-0.2, -0.15) is 0 Å². The molecule has 1 atom stereocenters. The normalized spacial score (nSPS) is 12.9. The second kappa shape index (κ2) is 7.46. The Morgan fingerprint density at radius 2 is 1.59 bits per heavy atom. The van der Waals surface area contributed by atoms with Gasteiger partial charge in [0.1, 0.15) is 12.4 Å². The summed E-state index contributed by atoms with van der Waals surface area (Å²) < 4.78 is 5.96. The molecule has 0 saturated heterocycles. The van der Waals surface area contributed by atoms with Crippen molar-refractivity contribution >= 4 is 0 Å². The highest BCUT2D eigenvalue weighted by Crippen LogP contribution is 2.26. The van der Waals surface area contributed by atoms with Crippen molar-refractivity contribution in [2.45, 2.75) is 46.3 Å². The van der Waals surface area contributed by atoms with Crippen LogP contribution in [0.5, 0.6) is 5.75 Å². The quantitative estimate of drug-likeness (QED) is 0.844. The molecular weight excluding hydrogens is 272 g/mol. The molecule has 0 aliphatic carbocycles. The van der Waals surface area contributed by atoms with E-state index in [4.69, 9.17) is 4.74 Å². The van der Waals surface area contributed by atoms with Gasteiger partial charge in [0.15, 0.2) is 0 Å². The van der Waals surface area contributed by atoms with Crippen molar-refractivity contribution in [3.05, 3.63) is 65.7 Å². The Morgan fingerprint density at radius 1 is 0.955 bits per heavy atom. The van der Waals surface area contributed by atoms with Crippen molar-refractivity contribution in [3.8, 4) is 5.75 Å². The molecule has 2 heteroatoms. The second-order valence-electron chi connectivity index (χ2n) is 6.80. The van der Waals surface area contributed by atoms with Crippen LogP contribution in [0, 0.1) is 5.41 Å². The fourth-order valence-corrected chi connectivity index (χ4v) is 2.31. The molecule has 2 aromatic carbocycles. The van der Waals surface area contributed by atoms with E-state index in [1.807, 2.05) is 36.4 Å². The molecule has 118 valence electrons. The number of benzene rings is 2. The predicted molar refractivity (Wildman–Crippen MR) is 91.0 cm³/mol. The second-order valence-corrected chi connectivity index (χ2v) is 6.80. The predicted octanol–water partition coefficient (Wildman–Crippen LogP) is 4.61. The lowest BCUT2D eigenvalue weighted by molar-refractivity contribution is 0.0558. The average molecular weight is 298 g/mol. The van der Waals surface area contributed by atoms with Gasteiger partial charge >= 0.3 is 0 Å². The van der Waals surface area contributed by atoms with Gasteiger partial charge in [0, 0.05) is 0 Å². The number of para-hydroxylation sites is 1. The molecule has 1 unspecified atom stereocenters. The highest BCUT2D eigenvalue weighted by molar-refractivity contribution is 5.33. The third-order valence-corrected chi connectivity index (χ3v) is 3.90. The zero-order valence-corrected chi connectivity index (χ0v) is 13.8. The van der Waals surface area contributed by atoms with Gasteiger partial charge in [-0.05, 0) is 35.4 Å². The van der Waals surface area contributed by atoms with Crippen LogP contribution in [0.4, 0.5) is 0 Å². The summed E-state index contributed by atoms with van der Waals surface area (Å²) in [5.41, 5.74) is 2.23. The Labute approximate surface area is 133 Å². The maximum absolute atomic E-state index is 10.2. The van der Waals surface area contributed by atoms with E-state index in [9.17, 15) is 5.11 Å². The van der Waals surface area contributed by atoms with Crippen LogP contribution in [-0.4, -0.2) is 11.2 Å². The van der Waals surface area contributed by atoms with E-state index in [0.29, 0.717) is 6.61 Å². The van der Waals surface area contributed by atoms with Crippen molar-refractivity contribution in [3.63, 3.8) is 0 Å². The van der Waals surface area contributed by atoms with E-state index < -0.39 is 0 Å². The molecular formula is C20H26O2. The lowest BCUT2D eigenvalue weighted by Gasteiger charge is -2.26. The summed E-state index contributed by atoms with van der Waals surface area (Å²) in [6, 6.07) is 18.3. The van der Waals surface area contributed by atoms with Gasteiger partial charge in [0.2, 0.25) is 0 Å². The Bertz CT molecular complexity index is 570. The average Bonchev–Trinajstić information content (AvgIpc) is 2.51. The third-order valence-electron chi connectivity index (χ3n) is 3.90. The van der Waals surface area contributed by atoms with Crippen LogP contribution in [0.2, 0.25) is 0 Å². The van der Waals surface area contributed by atoms with Crippen LogP contribution < -0.4 is 4.74 Å². The summed E-state index contributed by atoms with van der Waals surface area (Å²) in [6.45, 7) is 6.76. The maximum atomic E-state index is 10.2. The summed E-state index contributed by atoms with van der Waals surface area (Å²) >= 11 is 0. The lowest BCUT2D eigenvalue weighted by Crippen LogP contribution is -2.26. The summed E-state index contributed by atoms with van der Waals surface area (Å²) in [7, 11) is 0. The molecule has 22 heavy (non-hydrogen) atoms. The SMILES string of the molecule is CC(C)(C)C(O)CCc1ccccc1OCc1ccccc1. The Balaban J connectivity index is 1.98. The monoisotopic (exact) mass is 298 g/mol. The first-order chi connectivity index (χ1) is 10.5. The molecule has 2 aromatic rings. The van der Waals surface area contributed by atoms with Crippen LogP contribution in [0.1, 0.15) is 38.3 Å². The maximum Gasteiger partial charge on any atom is 0.122 e. The first-order valence-corrected chi connectivity index (χ1v) is 7.89. The fourth-order valence-electron chi connectivity index (χ4n) is 2.31. The standard InChI is InChI=1S/C20H26O2/c1-20(2,3)19(21)14-13-17-11-7-8-12-18(17)22-15-16-9-5-4-6-10-16/h4-12,19,21H,13-15H2,1-3H3. The number of hydrogen-bond acceptors (Lipinski definition) is 2. The molecule has 0 fully saturated rings. The van der Waals surface area contributed by atoms with Gasteiger partial charge in [-0.3, -0.25) is 0 Å². The molecule has 0 saturated carbocycles. The molecule has 0 aromatic heterocycles. The zero-order chi connectivity index (χ0) is 16.0. The van der Waals surface area contributed by atoms with E-state index in [-0.39, 0.29) is 11.5 Å². The molecule has 0 radical (unpaired) electrons. The molecule has 2 rings (SSSR count). The highest BCUT2D eigenvalue weighted by atomic mass is 16.5. The number of rotatable bonds is 6. The van der Waals surface area contributed by atoms with Crippen LogP contribution >= 0.6 is 0 Å². The number of aliphatic hydroxyl groups excluding tert-OH is 1. The molecule has 0 heterocycles. The van der Waals surface area contributed by atoms with Gasteiger partial charge in [0.25, 0.3) is 0 Å². The third kappa shape index (κ3) is 4.88. The van der Waals surface area contributed by atoms with Gasteiger partial charge in [-0.1, -0.05) is 69.3 Å². The Hall–Kier alpha value is -1.80. The minimum atomic E-state index is -0.310. The number of aliphatic hydroxyl groups is 1. The van der Waals surface area contributed by atoms with Gasteiger partial charge in [-0.15, -0.1) is 0 Å². The van der Waals surface area contributed by atoms with Gasteiger partial charge in [0.05, 0.1) is 6.10 Å². The largest absolute Gasteiger partial charge is 0.489 e. The van der Waals surface area contributed by atoms with Crippen LogP contribution in [0.15, 0.2) is 54.6 Å². The number of ether oxygens (including phenoxy) is 1. The van der Waals surface area contributed by atoms with Crippen LogP contribution in [0.3, 0.4) is 0 Å². The molecule has 0 spiro atoms. The Kier molecular flexibility index (Phi) is 5.62. The molecule has 1 N–H and O–H groups in total. The summed E-state index contributed by atoms with van der Waals surface area (Å²) in [6.07, 6.45) is 1.26. The first-order valence-electron chi connectivity index (χ1n) is 7.89. The van der Waals surface area contributed by atoms with Crippen molar-refractivity contribution in [2.24, 2.45) is 5.41 Å². The summed E-state index contributed by atoms with van der Waals surface area (Å²) in [5, 5.41) is 10.2. The topological polar surface area (TPSA) is 29.5 Å². The summed E-state index contributed by atoms with van der Waals surface area (Å²) in [5.74, 6) is 0.910. The van der Waals surface area contributed by atoms with Crippen molar-refractivity contribution in [1.82, 2.24) is 0 Å². The van der Waals surface area contributed by atoms with E-state index >= 15 is 0 Å². The Morgan fingerprint density at radius 3 is 2.27 bits per heavy atom. The van der Waals surface area contributed by atoms with Gasteiger partial charge < -0.3 is 9.84 Å². The van der Waals surface area contributed by atoms with E-state index in [1.165, 1.54) is 0 Å².